The van der Waals surface area contributed by atoms with E-state index in [1.165, 1.54) is 0 Å². The van der Waals surface area contributed by atoms with Gasteiger partial charge in [0.05, 0.1) is 36.3 Å². The lowest BCUT2D eigenvalue weighted by Gasteiger charge is -2.33. The fourth-order valence-corrected chi connectivity index (χ4v) is 2.77. The lowest BCUT2D eigenvalue weighted by atomic mass is 10.1. The minimum atomic E-state index is -0.0463. The summed E-state index contributed by atoms with van der Waals surface area (Å²) in [4.78, 5) is 22.8. The number of nitrogen functional groups attached to an aromatic ring is 1. The quantitative estimate of drug-likeness (QED) is 0.814. The van der Waals surface area contributed by atoms with Gasteiger partial charge in [-0.25, -0.2) is 9.97 Å². The number of carbonyl (C=O) groups excluding carboxylic acids is 1. The van der Waals surface area contributed by atoms with E-state index in [4.69, 9.17) is 15.2 Å². The van der Waals surface area contributed by atoms with E-state index >= 15 is 0 Å². The number of piperidine rings is 1. The van der Waals surface area contributed by atoms with E-state index in [0.29, 0.717) is 36.7 Å². The van der Waals surface area contributed by atoms with Crippen LogP contribution < -0.4 is 5.73 Å². The molecular formula is C15H24N4O3. The Balaban J connectivity index is 2.06. The summed E-state index contributed by atoms with van der Waals surface area (Å²) in [6.07, 6.45) is 1.95. The van der Waals surface area contributed by atoms with Gasteiger partial charge in [-0.1, -0.05) is 0 Å². The van der Waals surface area contributed by atoms with Crippen LogP contribution in [0.4, 0.5) is 5.95 Å². The van der Waals surface area contributed by atoms with Gasteiger partial charge in [-0.2, -0.15) is 0 Å². The van der Waals surface area contributed by atoms with Crippen molar-refractivity contribution in [2.75, 3.05) is 39.1 Å². The summed E-state index contributed by atoms with van der Waals surface area (Å²) in [5.74, 6) is 0.154. The minimum Gasteiger partial charge on any atom is -0.382 e. The maximum atomic E-state index is 12.8. The van der Waals surface area contributed by atoms with Crippen LogP contribution in [0.5, 0.6) is 0 Å². The molecule has 1 aliphatic rings. The van der Waals surface area contributed by atoms with Crippen LogP contribution in [0, 0.1) is 13.8 Å². The molecule has 22 heavy (non-hydrogen) atoms. The van der Waals surface area contributed by atoms with Crippen LogP contribution >= 0.6 is 0 Å². The highest BCUT2D eigenvalue weighted by Crippen LogP contribution is 2.19. The van der Waals surface area contributed by atoms with Crippen molar-refractivity contribution in [3.63, 3.8) is 0 Å². The van der Waals surface area contributed by atoms with Crippen LogP contribution in [0.25, 0.3) is 0 Å². The highest BCUT2D eigenvalue weighted by Gasteiger charge is 2.27. The number of nitrogens with zero attached hydrogens (tertiary/aromatic N) is 3. The molecule has 0 bridgehead atoms. The number of amides is 1. The maximum absolute atomic E-state index is 12.8. The molecule has 1 fully saturated rings. The largest absolute Gasteiger partial charge is 0.382 e. The Morgan fingerprint density at radius 3 is 2.64 bits per heavy atom. The number of methoxy groups -OCH3 is 1. The van der Waals surface area contributed by atoms with E-state index in [2.05, 4.69) is 9.97 Å². The number of hydrogen-bond donors (Lipinski definition) is 1. The average molecular weight is 308 g/mol. The number of nitrogens with two attached hydrogens (primary N) is 1. The van der Waals surface area contributed by atoms with Crippen molar-refractivity contribution in [3.8, 4) is 0 Å². The van der Waals surface area contributed by atoms with Gasteiger partial charge in [0.1, 0.15) is 0 Å². The molecule has 1 amide bonds. The molecule has 7 heteroatoms. The second-order valence-electron chi connectivity index (χ2n) is 5.51. The monoisotopic (exact) mass is 308 g/mol. The van der Waals surface area contributed by atoms with Crippen molar-refractivity contribution in [2.24, 2.45) is 0 Å². The van der Waals surface area contributed by atoms with Gasteiger partial charge in [-0.05, 0) is 26.7 Å². The van der Waals surface area contributed by atoms with Crippen molar-refractivity contribution < 1.29 is 14.3 Å². The number of likely N-dealkylation sites (tertiary alicyclic amines) is 1. The van der Waals surface area contributed by atoms with Gasteiger partial charge in [-0.3, -0.25) is 4.79 Å². The van der Waals surface area contributed by atoms with Crippen LogP contribution in [0.15, 0.2) is 0 Å². The van der Waals surface area contributed by atoms with Crippen LogP contribution in [-0.4, -0.2) is 60.3 Å². The van der Waals surface area contributed by atoms with E-state index in [1.807, 2.05) is 4.90 Å². The van der Waals surface area contributed by atoms with E-state index in [-0.39, 0.29) is 18.0 Å². The maximum Gasteiger partial charge on any atom is 0.257 e. The summed E-state index contributed by atoms with van der Waals surface area (Å²) in [7, 11) is 1.65. The lowest BCUT2D eigenvalue weighted by molar-refractivity contribution is -0.0172. The van der Waals surface area contributed by atoms with Gasteiger partial charge < -0.3 is 20.1 Å². The second kappa shape index (κ2) is 7.51. The Hall–Kier alpha value is -1.73. The van der Waals surface area contributed by atoms with Crippen LogP contribution in [0.2, 0.25) is 0 Å². The fourth-order valence-electron chi connectivity index (χ4n) is 2.77. The first-order chi connectivity index (χ1) is 10.5. The van der Waals surface area contributed by atoms with Crippen LogP contribution in [0.3, 0.4) is 0 Å². The molecule has 1 saturated heterocycles. The number of rotatable bonds is 5. The zero-order valence-corrected chi connectivity index (χ0v) is 13.5. The van der Waals surface area contributed by atoms with E-state index in [9.17, 15) is 4.79 Å². The van der Waals surface area contributed by atoms with Gasteiger partial charge in [-0.15, -0.1) is 0 Å². The summed E-state index contributed by atoms with van der Waals surface area (Å²) >= 11 is 0. The number of anilines is 1. The number of aromatic nitrogens is 2. The van der Waals surface area contributed by atoms with Gasteiger partial charge in [0.25, 0.3) is 5.91 Å². The van der Waals surface area contributed by atoms with Gasteiger partial charge in [0, 0.05) is 20.2 Å². The third-order valence-corrected chi connectivity index (χ3v) is 3.81. The Morgan fingerprint density at radius 2 is 2.00 bits per heavy atom. The highest BCUT2D eigenvalue weighted by molar-refractivity contribution is 5.96. The van der Waals surface area contributed by atoms with Crippen molar-refractivity contribution in [3.05, 3.63) is 17.0 Å². The molecule has 1 aromatic heterocycles. The smallest absolute Gasteiger partial charge is 0.257 e. The molecule has 2 heterocycles. The van der Waals surface area contributed by atoms with Gasteiger partial charge >= 0.3 is 0 Å². The zero-order chi connectivity index (χ0) is 16.1. The highest BCUT2D eigenvalue weighted by atomic mass is 16.5. The number of carbonyl (C=O) groups is 1. The molecule has 1 aliphatic heterocycles. The van der Waals surface area contributed by atoms with Crippen molar-refractivity contribution in [1.29, 1.82) is 0 Å². The molecule has 122 valence electrons. The number of hydrogen-bond acceptors (Lipinski definition) is 6. The number of ether oxygens (including phenoxy) is 2. The van der Waals surface area contributed by atoms with E-state index < -0.39 is 0 Å². The summed E-state index contributed by atoms with van der Waals surface area (Å²) in [6.45, 7) is 6.00. The molecule has 2 rings (SSSR count). The molecule has 1 atom stereocenters. The molecule has 0 spiro atoms. The molecule has 7 nitrogen and oxygen atoms in total. The molecular weight excluding hydrogens is 284 g/mol. The first kappa shape index (κ1) is 16.6. The third kappa shape index (κ3) is 3.92. The van der Waals surface area contributed by atoms with Crippen molar-refractivity contribution >= 4 is 11.9 Å². The predicted octanol–water partition coefficient (Wildman–Crippen LogP) is 0.943. The molecule has 0 radical (unpaired) electrons. The fraction of sp³-hybridized carbons (Fsp3) is 0.667. The van der Waals surface area contributed by atoms with Gasteiger partial charge in [0.15, 0.2) is 0 Å². The standard InChI is InChI=1S/C15H24N4O3/c1-10-13(11(2)18-15(16)17-10)14(20)19-6-4-5-12(9-19)22-8-7-21-3/h12H,4-9H2,1-3H3,(H2,16,17,18). The Morgan fingerprint density at radius 1 is 1.32 bits per heavy atom. The van der Waals surface area contributed by atoms with E-state index in [0.717, 1.165) is 19.4 Å². The molecule has 0 aromatic carbocycles. The van der Waals surface area contributed by atoms with Crippen LogP contribution in [0.1, 0.15) is 34.6 Å². The normalized spacial score (nSPS) is 18.5. The SMILES string of the molecule is COCCOC1CCCN(C(=O)c2c(C)nc(N)nc2C)C1. The summed E-state index contributed by atoms with van der Waals surface area (Å²) in [5.41, 5.74) is 7.41. The van der Waals surface area contributed by atoms with Crippen molar-refractivity contribution in [1.82, 2.24) is 14.9 Å². The predicted molar refractivity (Wildman–Crippen MR) is 82.7 cm³/mol. The lowest BCUT2D eigenvalue weighted by Crippen LogP contribution is -2.44. The Bertz CT molecular complexity index is 513. The first-order valence-corrected chi connectivity index (χ1v) is 7.53. The molecule has 2 N–H and O–H groups in total. The first-order valence-electron chi connectivity index (χ1n) is 7.53. The molecule has 1 unspecified atom stereocenters. The summed E-state index contributed by atoms with van der Waals surface area (Å²) in [5, 5.41) is 0. The van der Waals surface area contributed by atoms with Crippen molar-refractivity contribution in [2.45, 2.75) is 32.8 Å². The third-order valence-electron chi connectivity index (χ3n) is 3.81. The number of aryl methyl sites for hydroxylation is 2. The average Bonchev–Trinajstić information content (AvgIpc) is 2.46. The Kier molecular flexibility index (Phi) is 5.68. The zero-order valence-electron chi connectivity index (χ0n) is 13.5. The molecule has 1 aromatic rings. The van der Waals surface area contributed by atoms with E-state index in [1.54, 1.807) is 21.0 Å². The minimum absolute atomic E-state index is 0.0463. The summed E-state index contributed by atoms with van der Waals surface area (Å²) < 4.78 is 10.7. The van der Waals surface area contributed by atoms with Crippen LogP contribution in [-0.2, 0) is 9.47 Å². The summed E-state index contributed by atoms with van der Waals surface area (Å²) in [6, 6.07) is 0. The van der Waals surface area contributed by atoms with Gasteiger partial charge in [0.2, 0.25) is 5.95 Å². The topological polar surface area (TPSA) is 90.6 Å². The molecule has 0 aliphatic carbocycles. The Labute approximate surface area is 130 Å². The second-order valence-corrected chi connectivity index (χ2v) is 5.51. The molecule has 0 saturated carbocycles.